The second-order valence-corrected chi connectivity index (χ2v) is 4.17. The Kier molecular flexibility index (Phi) is 5.48. The molecule has 13 heteroatoms. The number of ether oxygens (including phenoxy) is 1. The molecule has 1 aromatic carbocycles. The van der Waals surface area contributed by atoms with Crippen LogP contribution in [-0.2, 0) is 21.7 Å². The van der Waals surface area contributed by atoms with Crippen molar-refractivity contribution in [2.75, 3.05) is 7.11 Å². The Bertz CT molecular complexity index is 515. The third-order valence-corrected chi connectivity index (χ3v) is 2.86. The van der Waals surface area contributed by atoms with Crippen molar-refractivity contribution in [1.82, 2.24) is 0 Å². The SMILES string of the molecule is COc1c(C(F)(F)F)c(F)c(SOOO)c(F)c1C(F)(F)F. The first-order valence-electron chi connectivity index (χ1n) is 4.84. The molecular weight excluding hydrogens is 356 g/mol. The van der Waals surface area contributed by atoms with Gasteiger partial charge in [0.2, 0.25) is 0 Å². The molecule has 22 heavy (non-hydrogen) atoms. The number of methoxy groups -OCH3 is 1. The van der Waals surface area contributed by atoms with Crippen LogP contribution >= 0.6 is 12.0 Å². The molecule has 0 heterocycles. The van der Waals surface area contributed by atoms with E-state index in [-0.39, 0.29) is 0 Å². The van der Waals surface area contributed by atoms with E-state index in [9.17, 15) is 35.1 Å². The summed E-state index contributed by atoms with van der Waals surface area (Å²) in [7, 11) is 0.388. The third kappa shape index (κ3) is 3.53. The van der Waals surface area contributed by atoms with Gasteiger partial charge in [-0.1, -0.05) is 5.04 Å². The average Bonchev–Trinajstić information content (AvgIpc) is 2.34. The van der Waals surface area contributed by atoms with Crippen LogP contribution < -0.4 is 4.74 Å². The molecule has 0 saturated heterocycles. The zero-order valence-corrected chi connectivity index (χ0v) is 10.9. The molecule has 0 atom stereocenters. The summed E-state index contributed by atoms with van der Waals surface area (Å²) in [6.07, 6.45) is -11.3. The molecule has 0 aliphatic heterocycles. The highest BCUT2D eigenvalue weighted by Gasteiger charge is 2.48. The molecule has 1 aromatic rings. The molecule has 0 amide bonds. The summed E-state index contributed by atoms with van der Waals surface area (Å²) in [6.45, 7) is 0. The van der Waals surface area contributed by atoms with E-state index in [1.165, 1.54) is 0 Å². The molecule has 0 aromatic heterocycles. The number of hydrogen-bond donors (Lipinski definition) is 1. The van der Waals surface area contributed by atoms with Crippen molar-refractivity contribution in [1.29, 1.82) is 0 Å². The first-order valence-corrected chi connectivity index (χ1v) is 5.59. The maximum atomic E-state index is 13.7. The van der Waals surface area contributed by atoms with Gasteiger partial charge in [-0.25, -0.2) is 14.0 Å². The number of alkyl halides is 6. The predicted molar refractivity (Wildman–Crippen MR) is 53.6 cm³/mol. The van der Waals surface area contributed by atoms with Crippen molar-refractivity contribution in [2.24, 2.45) is 0 Å². The lowest BCUT2D eigenvalue weighted by Crippen LogP contribution is -2.19. The number of benzene rings is 1. The van der Waals surface area contributed by atoms with Crippen molar-refractivity contribution in [3.05, 3.63) is 22.8 Å². The minimum absolute atomic E-state index is 0.388. The van der Waals surface area contributed by atoms with Gasteiger partial charge in [-0.2, -0.15) is 26.3 Å². The molecule has 0 radical (unpaired) electrons. The summed E-state index contributed by atoms with van der Waals surface area (Å²) in [5, 5.41) is 10.7. The quantitative estimate of drug-likeness (QED) is 0.372. The highest BCUT2D eigenvalue weighted by Crippen LogP contribution is 2.49. The Morgan fingerprint density at radius 2 is 1.32 bits per heavy atom. The Morgan fingerprint density at radius 1 is 0.909 bits per heavy atom. The van der Waals surface area contributed by atoms with Crippen molar-refractivity contribution in [2.45, 2.75) is 17.2 Å². The Balaban J connectivity index is 3.84. The van der Waals surface area contributed by atoms with Gasteiger partial charge in [-0.15, -0.1) is 4.33 Å². The van der Waals surface area contributed by atoms with E-state index in [2.05, 4.69) is 14.1 Å². The molecule has 0 saturated carbocycles. The van der Waals surface area contributed by atoms with Gasteiger partial charge in [-0.3, -0.25) is 0 Å². The highest BCUT2D eigenvalue weighted by molar-refractivity contribution is 7.94. The second-order valence-electron chi connectivity index (χ2n) is 3.46. The first kappa shape index (κ1) is 18.7. The fourth-order valence-corrected chi connectivity index (χ4v) is 1.93. The van der Waals surface area contributed by atoms with Crippen molar-refractivity contribution < 1.29 is 54.5 Å². The van der Waals surface area contributed by atoms with Crippen LogP contribution in [0.25, 0.3) is 0 Å². The minimum atomic E-state index is -5.63. The molecule has 0 spiro atoms. The fraction of sp³-hybridized carbons (Fsp3) is 0.333. The predicted octanol–water partition coefficient (Wildman–Crippen LogP) is 4.44. The number of rotatable bonds is 4. The lowest BCUT2D eigenvalue weighted by atomic mass is 10.1. The van der Waals surface area contributed by atoms with Gasteiger partial charge < -0.3 is 4.74 Å². The van der Waals surface area contributed by atoms with E-state index in [4.69, 9.17) is 5.26 Å². The molecule has 0 bridgehead atoms. The number of hydrogen-bond acceptors (Lipinski definition) is 5. The topological polar surface area (TPSA) is 47.9 Å². The van der Waals surface area contributed by atoms with Gasteiger partial charge in [0.05, 0.1) is 19.2 Å². The average molecular weight is 360 g/mol. The van der Waals surface area contributed by atoms with Crippen molar-refractivity contribution in [3.8, 4) is 5.75 Å². The van der Waals surface area contributed by atoms with E-state index in [1.54, 1.807) is 0 Å². The van der Waals surface area contributed by atoms with Crippen LogP contribution in [-0.4, -0.2) is 12.4 Å². The van der Waals surface area contributed by atoms with Crippen molar-refractivity contribution >= 4 is 12.0 Å². The van der Waals surface area contributed by atoms with Crippen LogP contribution in [0.1, 0.15) is 11.1 Å². The van der Waals surface area contributed by atoms with Crippen LogP contribution in [0.5, 0.6) is 5.75 Å². The smallest absolute Gasteiger partial charge is 0.422 e. The van der Waals surface area contributed by atoms with Crippen molar-refractivity contribution in [3.63, 3.8) is 0 Å². The maximum Gasteiger partial charge on any atom is 0.422 e. The van der Waals surface area contributed by atoms with E-state index >= 15 is 0 Å². The molecule has 0 aliphatic carbocycles. The Labute approximate surface area is 120 Å². The van der Waals surface area contributed by atoms with Gasteiger partial charge >= 0.3 is 12.4 Å². The molecule has 4 nitrogen and oxygen atoms in total. The summed E-state index contributed by atoms with van der Waals surface area (Å²) in [5.41, 5.74) is -4.96. The third-order valence-electron chi connectivity index (χ3n) is 2.21. The van der Waals surface area contributed by atoms with Crippen LogP contribution in [0, 0.1) is 11.6 Å². The van der Waals surface area contributed by atoms with Crippen LogP contribution in [0.4, 0.5) is 35.1 Å². The zero-order valence-electron chi connectivity index (χ0n) is 10.1. The van der Waals surface area contributed by atoms with Crippen LogP contribution in [0.3, 0.4) is 0 Å². The zero-order chi connectivity index (χ0) is 17.3. The summed E-state index contributed by atoms with van der Waals surface area (Å²) < 4.78 is 111. The monoisotopic (exact) mass is 360 g/mol. The van der Waals surface area contributed by atoms with Gasteiger partial charge in [0.25, 0.3) is 0 Å². The normalized spacial score (nSPS) is 12.6. The molecule has 126 valence electrons. The van der Waals surface area contributed by atoms with Gasteiger partial charge in [0.1, 0.15) is 21.8 Å². The van der Waals surface area contributed by atoms with Crippen LogP contribution in [0.15, 0.2) is 4.90 Å². The molecular formula is C9H4F8O4S. The number of halogens is 8. The minimum Gasteiger partial charge on any atom is -0.495 e. The molecule has 0 unspecified atom stereocenters. The summed E-state index contributed by atoms with van der Waals surface area (Å²) in [5.74, 6) is -6.90. The molecule has 1 rings (SSSR count). The molecule has 1 N–H and O–H groups in total. The largest absolute Gasteiger partial charge is 0.495 e. The summed E-state index contributed by atoms with van der Waals surface area (Å²) in [4.78, 5) is -1.82. The van der Waals surface area contributed by atoms with Gasteiger partial charge in [-0.05, 0) is 0 Å². The fourth-order valence-electron chi connectivity index (χ4n) is 1.48. The van der Waals surface area contributed by atoms with E-state index in [1.807, 2.05) is 0 Å². The summed E-state index contributed by atoms with van der Waals surface area (Å²) >= 11 is -0.724. The van der Waals surface area contributed by atoms with Gasteiger partial charge in [0, 0.05) is 0 Å². The van der Waals surface area contributed by atoms with Crippen LogP contribution in [0.2, 0.25) is 0 Å². The Hall–Kier alpha value is -1.31. The summed E-state index contributed by atoms with van der Waals surface area (Å²) in [6, 6.07) is 0. The standard InChI is InChI=1S/C9H4F8O4S/c1-19-6-2(8(12,13)14)4(10)7(22-21-20-18)5(11)3(6)9(15,16)17/h18H,1H3. The first-order chi connectivity index (χ1) is 9.96. The second kappa shape index (κ2) is 6.44. The van der Waals surface area contributed by atoms with E-state index in [0.29, 0.717) is 7.11 Å². The maximum absolute atomic E-state index is 13.7. The lowest BCUT2D eigenvalue weighted by molar-refractivity contribution is -0.432. The lowest BCUT2D eigenvalue weighted by Gasteiger charge is -2.20. The molecule has 0 aliphatic rings. The van der Waals surface area contributed by atoms with E-state index in [0.717, 1.165) is 0 Å². The highest BCUT2D eigenvalue weighted by atomic mass is 32.2. The Morgan fingerprint density at radius 3 is 1.59 bits per heavy atom. The molecule has 0 fully saturated rings. The van der Waals surface area contributed by atoms with E-state index < -0.39 is 57.8 Å². The van der Waals surface area contributed by atoms with Gasteiger partial charge in [0.15, 0.2) is 11.6 Å².